The first-order valence-electron chi connectivity index (χ1n) is 3.42. The van der Waals surface area contributed by atoms with Crippen molar-refractivity contribution in [2.24, 2.45) is 5.92 Å². The Hall–Kier alpha value is 0.220. The largest absolute Gasteiger partial charge is 0.0664 e. The monoisotopic (exact) mass is 190 g/mol. The van der Waals surface area contributed by atoms with Gasteiger partial charge in [-0.25, -0.2) is 0 Å². The van der Waals surface area contributed by atoms with Crippen molar-refractivity contribution in [1.82, 2.24) is 0 Å². The fourth-order valence-corrected chi connectivity index (χ4v) is 0.800. The van der Waals surface area contributed by atoms with Crippen LogP contribution in [-0.4, -0.2) is 0 Å². The third kappa shape index (κ3) is 6.10. The molecule has 0 aromatic heterocycles. The summed E-state index contributed by atoms with van der Waals surface area (Å²) in [7, 11) is 0. The number of halogens is 1. The molecule has 0 N–H and O–H groups in total. The lowest BCUT2D eigenvalue weighted by molar-refractivity contribution is 0.585. The molecule has 0 fully saturated rings. The highest BCUT2D eigenvalue weighted by molar-refractivity contribution is 9.11. The molecule has 0 aromatic carbocycles. The molecule has 9 heavy (non-hydrogen) atoms. The second kappa shape index (κ2) is 5.04. The average molecular weight is 191 g/mol. The van der Waals surface area contributed by atoms with Crippen molar-refractivity contribution in [2.45, 2.75) is 33.6 Å². The summed E-state index contributed by atoms with van der Waals surface area (Å²) in [4.78, 5) is 2.01. The summed E-state index contributed by atoms with van der Waals surface area (Å²) in [6.45, 7) is 6.65. The van der Waals surface area contributed by atoms with Gasteiger partial charge in [0.05, 0.1) is 0 Å². The first-order valence-corrected chi connectivity index (χ1v) is 4.34. The van der Waals surface area contributed by atoms with Gasteiger partial charge in [-0.15, -0.1) is 0 Å². The van der Waals surface area contributed by atoms with Crippen molar-refractivity contribution < 1.29 is 0 Å². The second-order valence-electron chi connectivity index (χ2n) is 2.89. The Kier molecular flexibility index (Phi) is 5.16. The molecule has 0 nitrogen and oxygen atoms in total. The predicted octanol–water partition coefficient (Wildman–Crippen LogP) is 3.72. The first-order chi connectivity index (χ1) is 4.16. The first kappa shape index (κ1) is 9.22. The molecule has 1 heteroatoms. The van der Waals surface area contributed by atoms with Gasteiger partial charge in [0.15, 0.2) is 0 Å². The van der Waals surface area contributed by atoms with Crippen molar-refractivity contribution in [2.75, 3.05) is 0 Å². The maximum absolute atomic E-state index is 3.30. The minimum absolute atomic E-state index is 0.826. The number of allylic oxidation sites excluding steroid dienone is 1. The molecule has 0 aliphatic carbocycles. The van der Waals surface area contributed by atoms with Gasteiger partial charge >= 0.3 is 0 Å². The van der Waals surface area contributed by atoms with Crippen molar-refractivity contribution in [3.8, 4) is 0 Å². The quantitative estimate of drug-likeness (QED) is 0.637. The van der Waals surface area contributed by atoms with Gasteiger partial charge in [-0.3, -0.25) is 0 Å². The zero-order valence-electron chi connectivity index (χ0n) is 6.45. The predicted molar refractivity (Wildman–Crippen MR) is 46.8 cm³/mol. The Morgan fingerprint density at radius 1 is 1.56 bits per heavy atom. The van der Waals surface area contributed by atoms with E-state index in [1.165, 1.54) is 18.4 Å². The van der Waals surface area contributed by atoms with Crippen LogP contribution < -0.4 is 0 Å². The molecular formula is C8H15Br. The van der Waals surface area contributed by atoms with Gasteiger partial charge in [-0.2, -0.15) is 0 Å². The molecule has 0 unspecified atom stereocenters. The molecular weight excluding hydrogens is 176 g/mol. The standard InChI is InChI=1S/C8H15Br/c1-7(2)4-5-8(3)6-9/h6-7H,4-5H2,1-3H3/b8-6+. The molecule has 0 saturated heterocycles. The molecule has 0 bridgehead atoms. The lowest BCUT2D eigenvalue weighted by atomic mass is 10.1. The number of hydrogen-bond acceptors (Lipinski definition) is 0. The molecule has 0 heterocycles. The van der Waals surface area contributed by atoms with Gasteiger partial charge in [0.1, 0.15) is 0 Å². The van der Waals surface area contributed by atoms with E-state index in [0.29, 0.717) is 0 Å². The minimum Gasteiger partial charge on any atom is -0.0664 e. The summed E-state index contributed by atoms with van der Waals surface area (Å²) in [6.07, 6.45) is 2.52. The molecule has 54 valence electrons. The summed E-state index contributed by atoms with van der Waals surface area (Å²) in [6, 6.07) is 0. The molecule has 0 rings (SSSR count). The maximum atomic E-state index is 3.30. The van der Waals surface area contributed by atoms with Crippen LogP contribution in [0.15, 0.2) is 10.6 Å². The highest BCUT2D eigenvalue weighted by atomic mass is 79.9. The van der Waals surface area contributed by atoms with Crippen LogP contribution in [0, 0.1) is 5.92 Å². The molecule has 0 aromatic rings. The molecule has 0 atom stereocenters. The summed E-state index contributed by atoms with van der Waals surface area (Å²) in [5.74, 6) is 0.826. The Balaban J connectivity index is 3.28. The SMILES string of the molecule is C/C(=C\Br)CCC(C)C. The fraction of sp³-hybridized carbons (Fsp3) is 0.750. The van der Waals surface area contributed by atoms with Gasteiger partial charge in [0.2, 0.25) is 0 Å². The van der Waals surface area contributed by atoms with Crippen LogP contribution in [0.3, 0.4) is 0 Å². The molecule has 0 amide bonds. The lowest BCUT2D eigenvalue weighted by Crippen LogP contribution is -1.86. The highest BCUT2D eigenvalue weighted by Crippen LogP contribution is 2.11. The number of rotatable bonds is 3. The van der Waals surface area contributed by atoms with Crippen LogP contribution in [0.25, 0.3) is 0 Å². The van der Waals surface area contributed by atoms with Crippen LogP contribution in [0.1, 0.15) is 33.6 Å². The maximum Gasteiger partial charge on any atom is -0.0200 e. The van der Waals surface area contributed by atoms with E-state index in [0.717, 1.165) is 5.92 Å². The molecule has 0 aliphatic rings. The van der Waals surface area contributed by atoms with Crippen molar-refractivity contribution in [3.63, 3.8) is 0 Å². The molecule has 0 aliphatic heterocycles. The normalized spacial score (nSPS) is 12.8. The zero-order chi connectivity index (χ0) is 7.28. The third-order valence-corrected chi connectivity index (χ3v) is 2.08. The van der Waals surface area contributed by atoms with Gasteiger partial charge in [0, 0.05) is 0 Å². The van der Waals surface area contributed by atoms with Gasteiger partial charge < -0.3 is 0 Å². The Morgan fingerprint density at radius 3 is 2.44 bits per heavy atom. The lowest BCUT2D eigenvalue weighted by Gasteiger charge is -2.02. The van der Waals surface area contributed by atoms with E-state index in [-0.39, 0.29) is 0 Å². The van der Waals surface area contributed by atoms with Crippen molar-refractivity contribution in [1.29, 1.82) is 0 Å². The number of hydrogen-bond donors (Lipinski definition) is 0. The molecule has 0 spiro atoms. The van der Waals surface area contributed by atoms with Crippen LogP contribution in [0.2, 0.25) is 0 Å². The third-order valence-electron chi connectivity index (χ3n) is 1.30. The zero-order valence-corrected chi connectivity index (χ0v) is 8.03. The van der Waals surface area contributed by atoms with Crippen LogP contribution in [0.5, 0.6) is 0 Å². The Labute approximate surface area is 66.5 Å². The molecule has 0 radical (unpaired) electrons. The minimum atomic E-state index is 0.826. The van der Waals surface area contributed by atoms with E-state index in [9.17, 15) is 0 Å². The topological polar surface area (TPSA) is 0 Å². The van der Waals surface area contributed by atoms with Crippen LogP contribution in [0.4, 0.5) is 0 Å². The van der Waals surface area contributed by atoms with Gasteiger partial charge in [-0.05, 0) is 30.7 Å². The summed E-state index contributed by atoms with van der Waals surface area (Å²) in [5.41, 5.74) is 1.43. The van der Waals surface area contributed by atoms with Crippen LogP contribution >= 0.6 is 15.9 Å². The fourth-order valence-electron chi connectivity index (χ4n) is 0.571. The smallest absolute Gasteiger partial charge is 0.0200 e. The Bertz CT molecular complexity index is 92.7. The van der Waals surface area contributed by atoms with E-state index in [1.807, 2.05) is 4.99 Å². The Morgan fingerprint density at radius 2 is 2.11 bits per heavy atom. The van der Waals surface area contributed by atoms with Crippen molar-refractivity contribution in [3.05, 3.63) is 10.6 Å². The van der Waals surface area contributed by atoms with E-state index in [1.54, 1.807) is 0 Å². The van der Waals surface area contributed by atoms with Gasteiger partial charge in [-0.1, -0.05) is 35.4 Å². The summed E-state index contributed by atoms with van der Waals surface area (Å²) >= 11 is 3.30. The van der Waals surface area contributed by atoms with Crippen LogP contribution in [-0.2, 0) is 0 Å². The highest BCUT2D eigenvalue weighted by Gasteiger charge is 1.93. The summed E-state index contributed by atoms with van der Waals surface area (Å²) in [5, 5.41) is 0. The summed E-state index contributed by atoms with van der Waals surface area (Å²) < 4.78 is 0. The second-order valence-corrected chi connectivity index (χ2v) is 3.35. The van der Waals surface area contributed by atoms with E-state index in [4.69, 9.17) is 0 Å². The van der Waals surface area contributed by atoms with Gasteiger partial charge in [0.25, 0.3) is 0 Å². The van der Waals surface area contributed by atoms with E-state index in [2.05, 4.69) is 36.7 Å². The van der Waals surface area contributed by atoms with Crippen molar-refractivity contribution >= 4 is 15.9 Å². The average Bonchev–Trinajstić information content (AvgIpc) is 1.83. The van der Waals surface area contributed by atoms with E-state index < -0.39 is 0 Å². The van der Waals surface area contributed by atoms with E-state index >= 15 is 0 Å². The molecule has 0 saturated carbocycles.